The van der Waals surface area contributed by atoms with Gasteiger partial charge in [0.05, 0.1) is 16.3 Å². The van der Waals surface area contributed by atoms with Crippen molar-refractivity contribution in [2.24, 2.45) is 10.7 Å². The summed E-state index contributed by atoms with van der Waals surface area (Å²) in [5.41, 5.74) is 8.44. The fourth-order valence-corrected chi connectivity index (χ4v) is 2.89. The number of anilines is 1. The number of carbonyl (C=O) groups is 1. The Bertz CT molecular complexity index is 648. The van der Waals surface area contributed by atoms with Crippen LogP contribution in [0.2, 0.25) is 0 Å². The van der Waals surface area contributed by atoms with Crippen molar-refractivity contribution in [3.05, 3.63) is 52.2 Å². The molecule has 2 N–H and O–H groups in total. The van der Waals surface area contributed by atoms with E-state index in [2.05, 4.69) is 4.99 Å². The molecule has 1 unspecified atom stereocenters. The molecule has 0 saturated carbocycles. The Kier molecular flexibility index (Phi) is 2.93. The minimum absolute atomic E-state index is 0.195. The summed E-state index contributed by atoms with van der Waals surface area (Å²) in [6.45, 7) is 0. The monoisotopic (exact) mass is 271 g/mol. The lowest BCUT2D eigenvalue weighted by Crippen LogP contribution is -2.39. The molecule has 1 atom stereocenters. The van der Waals surface area contributed by atoms with Gasteiger partial charge in [-0.05, 0) is 17.5 Å². The number of aliphatic imine (C=N–C) groups is 1. The average Bonchev–Trinajstić information content (AvgIpc) is 2.94. The van der Waals surface area contributed by atoms with E-state index in [1.807, 2.05) is 41.8 Å². The second-order valence-electron chi connectivity index (χ2n) is 4.31. The molecule has 1 aliphatic heterocycles. The Hall–Kier alpha value is -1.98. The van der Waals surface area contributed by atoms with Crippen molar-refractivity contribution in [2.45, 2.75) is 6.17 Å². The first-order valence-electron chi connectivity index (χ1n) is 5.92. The number of amides is 1. The van der Waals surface area contributed by atoms with E-state index < -0.39 is 6.17 Å². The standard InChI is InChI=1S/C14H13N3OS/c1-17-10-6-3-2-5-9(10)12(11-7-4-8-19-11)16-13(15)14(17)18/h2-8,13H,15H2,1H3. The number of rotatable bonds is 1. The maximum absolute atomic E-state index is 12.1. The van der Waals surface area contributed by atoms with Crippen LogP contribution < -0.4 is 10.6 Å². The molecule has 0 bridgehead atoms. The van der Waals surface area contributed by atoms with Gasteiger partial charge in [0, 0.05) is 12.6 Å². The summed E-state index contributed by atoms with van der Waals surface area (Å²) in [5, 5.41) is 1.99. The van der Waals surface area contributed by atoms with E-state index in [0.29, 0.717) is 0 Å². The predicted molar refractivity (Wildman–Crippen MR) is 77.8 cm³/mol. The van der Waals surface area contributed by atoms with Crippen LogP contribution in [0, 0.1) is 0 Å². The Balaban J connectivity index is 2.25. The van der Waals surface area contributed by atoms with Gasteiger partial charge in [0.1, 0.15) is 0 Å². The highest BCUT2D eigenvalue weighted by Crippen LogP contribution is 2.27. The van der Waals surface area contributed by atoms with E-state index in [0.717, 1.165) is 21.8 Å². The molecule has 0 radical (unpaired) electrons. The lowest BCUT2D eigenvalue weighted by molar-refractivity contribution is -0.119. The first-order valence-corrected chi connectivity index (χ1v) is 6.80. The van der Waals surface area contributed by atoms with Gasteiger partial charge in [-0.15, -0.1) is 11.3 Å². The molecule has 0 fully saturated rings. The fourth-order valence-electron chi connectivity index (χ4n) is 2.16. The minimum atomic E-state index is -0.852. The number of para-hydroxylation sites is 1. The van der Waals surface area contributed by atoms with E-state index >= 15 is 0 Å². The molecule has 0 aliphatic carbocycles. The van der Waals surface area contributed by atoms with Crippen LogP contribution in [0.5, 0.6) is 0 Å². The second-order valence-corrected chi connectivity index (χ2v) is 5.26. The highest BCUT2D eigenvalue weighted by atomic mass is 32.1. The number of benzodiazepines with no additional fused rings is 1. The van der Waals surface area contributed by atoms with Gasteiger partial charge in [-0.3, -0.25) is 9.79 Å². The predicted octanol–water partition coefficient (Wildman–Crippen LogP) is 1.85. The van der Waals surface area contributed by atoms with Crippen LogP contribution >= 0.6 is 11.3 Å². The number of fused-ring (bicyclic) bond motifs is 1. The molecule has 1 amide bonds. The molecule has 1 aromatic heterocycles. The summed E-state index contributed by atoms with van der Waals surface area (Å²) >= 11 is 1.59. The Morgan fingerprint density at radius 1 is 1.26 bits per heavy atom. The van der Waals surface area contributed by atoms with Crippen LogP contribution in [-0.4, -0.2) is 24.8 Å². The van der Waals surface area contributed by atoms with Crippen LogP contribution in [-0.2, 0) is 4.79 Å². The number of thiophene rings is 1. The normalized spacial score (nSPS) is 18.8. The van der Waals surface area contributed by atoms with Crippen molar-refractivity contribution in [3.8, 4) is 0 Å². The summed E-state index contributed by atoms with van der Waals surface area (Å²) < 4.78 is 0. The van der Waals surface area contributed by atoms with Gasteiger partial charge in [-0.2, -0.15) is 0 Å². The highest BCUT2D eigenvalue weighted by molar-refractivity contribution is 7.12. The van der Waals surface area contributed by atoms with E-state index in [1.165, 1.54) is 0 Å². The molecule has 3 rings (SSSR count). The van der Waals surface area contributed by atoms with Gasteiger partial charge in [-0.1, -0.05) is 24.3 Å². The third-order valence-electron chi connectivity index (χ3n) is 3.13. The Labute approximate surface area is 115 Å². The minimum Gasteiger partial charge on any atom is -0.312 e. The van der Waals surface area contributed by atoms with Crippen molar-refractivity contribution in [1.29, 1.82) is 0 Å². The maximum atomic E-state index is 12.1. The summed E-state index contributed by atoms with van der Waals surface area (Å²) in [6, 6.07) is 11.7. The van der Waals surface area contributed by atoms with Crippen molar-refractivity contribution in [1.82, 2.24) is 0 Å². The molecule has 5 heteroatoms. The molecule has 1 aromatic carbocycles. The Morgan fingerprint density at radius 3 is 2.79 bits per heavy atom. The zero-order valence-corrected chi connectivity index (χ0v) is 11.2. The van der Waals surface area contributed by atoms with Crippen LogP contribution in [0.15, 0.2) is 46.8 Å². The second kappa shape index (κ2) is 4.60. The summed E-state index contributed by atoms with van der Waals surface area (Å²) in [4.78, 5) is 19.1. The maximum Gasteiger partial charge on any atom is 0.266 e. The van der Waals surface area contributed by atoms with Crippen molar-refractivity contribution < 1.29 is 4.79 Å². The molecular formula is C14H13N3OS. The molecule has 0 spiro atoms. The smallest absolute Gasteiger partial charge is 0.266 e. The SMILES string of the molecule is CN1C(=O)C(N)N=C(c2cccs2)c2ccccc21. The van der Waals surface area contributed by atoms with E-state index in [4.69, 9.17) is 5.73 Å². The molecule has 2 aromatic rings. The molecule has 96 valence electrons. The fraction of sp³-hybridized carbons (Fsp3) is 0.143. The lowest BCUT2D eigenvalue weighted by Gasteiger charge is -2.18. The topological polar surface area (TPSA) is 58.7 Å². The number of carbonyl (C=O) groups excluding carboxylic acids is 1. The molecule has 2 heterocycles. The van der Waals surface area contributed by atoms with Crippen molar-refractivity contribution in [2.75, 3.05) is 11.9 Å². The molecule has 4 nitrogen and oxygen atoms in total. The number of hydrogen-bond donors (Lipinski definition) is 1. The van der Waals surface area contributed by atoms with Crippen molar-refractivity contribution in [3.63, 3.8) is 0 Å². The number of benzene rings is 1. The van der Waals surface area contributed by atoms with Crippen LogP contribution in [0.3, 0.4) is 0 Å². The largest absolute Gasteiger partial charge is 0.312 e. The number of nitrogens with zero attached hydrogens (tertiary/aromatic N) is 2. The van der Waals surface area contributed by atoms with E-state index in [1.54, 1.807) is 23.3 Å². The summed E-state index contributed by atoms with van der Waals surface area (Å²) in [6.07, 6.45) is -0.852. The zero-order chi connectivity index (χ0) is 13.4. The van der Waals surface area contributed by atoms with Gasteiger partial charge in [0.25, 0.3) is 5.91 Å². The number of hydrogen-bond acceptors (Lipinski definition) is 4. The quantitative estimate of drug-likeness (QED) is 0.860. The van der Waals surface area contributed by atoms with Crippen LogP contribution in [0.25, 0.3) is 0 Å². The summed E-state index contributed by atoms with van der Waals surface area (Å²) in [7, 11) is 1.73. The van der Waals surface area contributed by atoms with E-state index in [-0.39, 0.29) is 5.91 Å². The first kappa shape index (κ1) is 12.1. The van der Waals surface area contributed by atoms with E-state index in [9.17, 15) is 4.79 Å². The van der Waals surface area contributed by atoms with Crippen LogP contribution in [0.4, 0.5) is 5.69 Å². The van der Waals surface area contributed by atoms with Crippen molar-refractivity contribution >= 4 is 28.6 Å². The zero-order valence-electron chi connectivity index (χ0n) is 10.4. The van der Waals surface area contributed by atoms with Crippen LogP contribution in [0.1, 0.15) is 10.4 Å². The summed E-state index contributed by atoms with van der Waals surface area (Å²) in [5.74, 6) is -0.195. The van der Waals surface area contributed by atoms with Gasteiger partial charge in [0.15, 0.2) is 6.17 Å². The first-order chi connectivity index (χ1) is 9.18. The third kappa shape index (κ3) is 1.97. The van der Waals surface area contributed by atoms with Gasteiger partial charge < -0.3 is 10.6 Å². The van der Waals surface area contributed by atoms with Gasteiger partial charge >= 0.3 is 0 Å². The lowest BCUT2D eigenvalue weighted by atomic mass is 10.1. The molecule has 19 heavy (non-hydrogen) atoms. The number of likely N-dealkylation sites (N-methyl/N-ethyl adjacent to an activating group) is 1. The third-order valence-corrected chi connectivity index (χ3v) is 4.00. The average molecular weight is 271 g/mol. The van der Waals surface area contributed by atoms with Gasteiger partial charge in [-0.25, -0.2) is 0 Å². The Morgan fingerprint density at radius 2 is 2.05 bits per heavy atom. The molecule has 1 aliphatic rings. The molecular weight excluding hydrogens is 258 g/mol. The molecule has 0 saturated heterocycles. The number of nitrogens with two attached hydrogens (primary N) is 1. The highest BCUT2D eigenvalue weighted by Gasteiger charge is 2.27. The van der Waals surface area contributed by atoms with Gasteiger partial charge in [0.2, 0.25) is 0 Å².